The smallest absolute Gasteiger partial charge is 0.126 e. The van der Waals surface area contributed by atoms with Crippen molar-refractivity contribution in [1.29, 1.82) is 5.26 Å². The molecule has 4 heteroatoms. The van der Waals surface area contributed by atoms with Crippen molar-refractivity contribution in [2.24, 2.45) is 0 Å². The summed E-state index contributed by atoms with van der Waals surface area (Å²) in [4.78, 5) is 4.14. The molecule has 0 aliphatic heterocycles. The summed E-state index contributed by atoms with van der Waals surface area (Å²) < 4.78 is 5.16. The van der Waals surface area contributed by atoms with E-state index < -0.39 is 0 Å². The highest BCUT2D eigenvalue weighted by Crippen LogP contribution is 2.13. The molecule has 18 heavy (non-hydrogen) atoms. The van der Waals surface area contributed by atoms with E-state index in [0.29, 0.717) is 12.1 Å². The van der Waals surface area contributed by atoms with Crippen molar-refractivity contribution in [3.63, 3.8) is 0 Å². The molecule has 0 aliphatic rings. The van der Waals surface area contributed by atoms with Crippen LogP contribution < -0.4 is 10.1 Å². The molecule has 0 bridgehead atoms. The number of pyridine rings is 1. The van der Waals surface area contributed by atoms with Gasteiger partial charge in [-0.2, -0.15) is 5.26 Å². The van der Waals surface area contributed by atoms with Crippen molar-refractivity contribution in [3.05, 3.63) is 53.7 Å². The van der Waals surface area contributed by atoms with Crippen LogP contribution in [-0.4, -0.2) is 12.1 Å². The molecule has 2 aromatic rings. The van der Waals surface area contributed by atoms with Gasteiger partial charge in [-0.1, -0.05) is 12.1 Å². The van der Waals surface area contributed by atoms with Crippen LogP contribution >= 0.6 is 0 Å². The highest BCUT2D eigenvalue weighted by atomic mass is 16.5. The first-order valence-corrected chi connectivity index (χ1v) is 5.55. The number of ether oxygens (including phenoxy) is 1. The Morgan fingerprint density at radius 2 is 2.22 bits per heavy atom. The quantitative estimate of drug-likeness (QED) is 0.890. The minimum atomic E-state index is 0.557. The molecule has 0 atom stereocenters. The second-order valence-corrected chi connectivity index (χ2v) is 3.75. The number of benzene rings is 1. The van der Waals surface area contributed by atoms with Gasteiger partial charge < -0.3 is 10.1 Å². The van der Waals surface area contributed by atoms with Gasteiger partial charge in [-0.25, -0.2) is 4.98 Å². The molecule has 0 aliphatic carbocycles. The fourth-order valence-electron chi connectivity index (χ4n) is 1.54. The Balaban J connectivity index is 2.00. The number of nitriles is 1. The fraction of sp³-hybridized carbons (Fsp3) is 0.143. The average molecular weight is 239 g/mol. The van der Waals surface area contributed by atoms with Crippen LogP contribution in [0.2, 0.25) is 0 Å². The van der Waals surface area contributed by atoms with Gasteiger partial charge in [0, 0.05) is 12.7 Å². The zero-order chi connectivity index (χ0) is 12.8. The van der Waals surface area contributed by atoms with Crippen molar-refractivity contribution in [2.75, 3.05) is 12.4 Å². The molecule has 90 valence electrons. The first kappa shape index (κ1) is 11.9. The zero-order valence-electron chi connectivity index (χ0n) is 10.1. The Hall–Kier alpha value is -2.54. The summed E-state index contributed by atoms with van der Waals surface area (Å²) in [7, 11) is 1.65. The van der Waals surface area contributed by atoms with Crippen molar-refractivity contribution in [3.8, 4) is 11.8 Å². The molecule has 1 aromatic heterocycles. The maximum atomic E-state index is 8.67. The maximum Gasteiger partial charge on any atom is 0.126 e. The number of anilines is 1. The average Bonchev–Trinajstić information content (AvgIpc) is 2.46. The number of hydrogen-bond acceptors (Lipinski definition) is 4. The topological polar surface area (TPSA) is 57.9 Å². The molecule has 4 nitrogen and oxygen atoms in total. The van der Waals surface area contributed by atoms with Gasteiger partial charge >= 0.3 is 0 Å². The molecule has 0 fully saturated rings. The molecule has 2 rings (SSSR count). The summed E-state index contributed by atoms with van der Waals surface area (Å²) in [6.07, 6.45) is 1.55. The molecule has 0 spiro atoms. The zero-order valence-corrected chi connectivity index (χ0v) is 10.1. The molecule has 0 unspecified atom stereocenters. The third-order valence-corrected chi connectivity index (χ3v) is 2.50. The monoisotopic (exact) mass is 239 g/mol. The van der Waals surface area contributed by atoms with Gasteiger partial charge in [0.25, 0.3) is 0 Å². The lowest BCUT2D eigenvalue weighted by Crippen LogP contribution is -2.01. The van der Waals surface area contributed by atoms with Crippen LogP contribution in [-0.2, 0) is 6.54 Å². The Morgan fingerprint density at radius 1 is 1.33 bits per heavy atom. The Morgan fingerprint density at radius 3 is 2.89 bits per heavy atom. The highest BCUT2D eigenvalue weighted by Gasteiger charge is 1.98. The Kier molecular flexibility index (Phi) is 3.77. The molecule has 1 aromatic carbocycles. The van der Waals surface area contributed by atoms with Gasteiger partial charge in [0.2, 0.25) is 0 Å². The second kappa shape index (κ2) is 5.69. The molecular formula is C14H13N3O. The van der Waals surface area contributed by atoms with Crippen LogP contribution in [0, 0.1) is 11.3 Å². The lowest BCUT2D eigenvalue weighted by Gasteiger charge is -2.07. The number of hydrogen-bond donors (Lipinski definition) is 1. The van der Waals surface area contributed by atoms with E-state index in [0.717, 1.165) is 17.1 Å². The normalized spacial score (nSPS) is 9.56. The highest BCUT2D eigenvalue weighted by molar-refractivity contribution is 5.40. The van der Waals surface area contributed by atoms with E-state index >= 15 is 0 Å². The summed E-state index contributed by atoms with van der Waals surface area (Å²) in [6, 6.07) is 13.4. The number of nitrogens with zero attached hydrogens (tertiary/aromatic N) is 2. The summed E-state index contributed by atoms with van der Waals surface area (Å²) in [5.74, 6) is 1.58. The van der Waals surface area contributed by atoms with Crippen LogP contribution in [0.5, 0.6) is 5.75 Å². The van der Waals surface area contributed by atoms with Gasteiger partial charge in [0.15, 0.2) is 0 Å². The predicted molar refractivity (Wildman–Crippen MR) is 69.3 cm³/mol. The predicted octanol–water partition coefficient (Wildman–Crippen LogP) is 2.57. The van der Waals surface area contributed by atoms with Crippen molar-refractivity contribution in [1.82, 2.24) is 4.98 Å². The SMILES string of the molecule is COc1cccc(CNc2ccc(C#N)cn2)c1. The molecule has 1 heterocycles. The van der Waals surface area contributed by atoms with E-state index in [1.165, 1.54) is 0 Å². The molecule has 0 amide bonds. The lowest BCUT2D eigenvalue weighted by molar-refractivity contribution is 0.414. The van der Waals surface area contributed by atoms with Crippen LogP contribution in [0.25, 0.3) is 0 Å². The van der Waals surface area contributed by atoms with Gasteiger partial charge in [0.05, 0.1) is 12.7 Å². The minimum absolute atomic E-state index is 0.557. The largest absolute Gasteiger partial charge is 0.497 e. The molecule has 0 saturated heterocycles. The molecule has 0 saturated carbocycles. The Labute approximate surface area is 106 Å². The lowest BCUT2D eigenvalue weighted by atomic mass is 10.2. The number of rotatable bonds is 4. The first-order valence-electron chi connectivity index (χ1n) is 5.55. The van der Waals surface area contributed by atoms with Gasteiger partial charge in [-0.05, 0) is 29.8 Å². The minimum Gasteiger partial charge on any atom is -0.497 e. The Bertz CT molecular complexity index is 558. The molecule has 0 radical (unpaired) electrons. The molecule has 1 N–H and O–H groups in total. The second-order valence-electron chi connectivity index (χ2n) is 3.75. The summed E-state index contributed by atoms with van der Waals surface area (Å²) in [6.45, 7) is 0.663. The van der Waals surface area contributed by atoms with E-state index in [1.54, 1.807) is 25.4 Å². The summed E-state index contributed by atoms with van der Waals surface area (Å²) in [5.41, 5.74) is 1.67. The molecular weight excluding hydrogens is 226 g/mol. The van der Waals surface area contributed by atoms with E-state index in [2.05, 4.69) is 10.3 Å². The standard InChI is InChI=1S/C14H13N3O/c1-18-13-4-2-3-11(7-13)9-16-14-6-5-12(8-15)10-17-14/h2-7,10H,9H2,1H3,(H,16,17). The van der Waals surface area contributed by atoms with Gasteiger partial charge in [-0.3, -0.25) is 0 Å². The fourth-order valence-corrected chi connectivity index (χ4v) is 1.54. The van der Waals surface area contributed by atoms with E-state index in [-0.39, 0.29) is 0 Å². The van der Waals surface area contributed by atoms with Crippen LogP contribution in [0.4, 0.5) is 5.82 Å². The van der Waals surface area contributed by atoms with E-state index in [1.807, 2.05) is 30.3 Å². The van der Waals surface area contributed by atoms with E-state index in [9.17, 15) is 0 Å². The van der Waals surface area contributed by atoms with Crippen molar-refractivity contribution < 1.29 is 4.74 Å². The van der Waals surface area contributed by atoms with Crippen molar-refractivity contribution >= 4 is 5.82 Å². The van der Waals surface area contributed by atoms with Crippen LogP contribution in [0.15, 0.2) is 42.6 Å². The maximum absolute atomic E-state index is 8.67. The van der Waals surface area contributed by atoms with Gasteiger partial charge in [0.1, 0.15) is 17.6 Å². The summed E-state index contributed by atoms with van der Waals surface area (Å²) in [5, 5.41) is 11.9. The summed E-state index contributed by atoms with van der Waals surface area (Å²) >= 11 is 0. The number of aromatic nitrogens is 1. The third-order valence-electron chi connectivity index (χ3n) is 2.50. The number of nitrogens with one attached hydrogen (secondary N) is 1. The van der Waals surface area contributed by atoms with E-state index in [4.69, 9.17) is 10.00 Å². The van der Waals surface area contributed by atoms with Crippen LogP contribution in [0.3, 0.4) is 0 Å². The van der Waals surface area contributed by atoms with Crippen molar-refractivity contribution in [2.45, 2.75) is 6.54 Å². The van der Waals surface area contributed by atoms with Crippen LogP contribution in [0.1, 0.15) is 11.1 Å². The third kappa shape index (κ3) is 2.98. The first-order chi connectivity index (χ1) is 8.81. The number of methoxy groups -OCH3 is 1. The van der Waals surface area contributed by atoms with Gasteiger partial charge in [-0.15, -0.1) is 0 Å².